The Kier molecular flexibility index (Phi) is 8.58. The van der Waals surface area contributed by atoms with Gasteiger partial charge in [-0.3, -0.25) is 4.79 Å². The Morgan fingerprint density at radius 3 is 2.30 bits per heavy atom. The van der Waals surface area contributed by atoms with Crippen LogP contribution in [-0.2, 0) is 0 Å². The van der Waals surface area contributed by atoms with Gasteiger partial charge in [-0.1, -0.05) is 25.7 Å². The summed E-state index contributed by atoms with van der Waals surface area (Å²) in [6.07, 6.45) is 6.52. The molecular weight excluding hydrogens is 424 g/mol. The van der Waals surface area contributed by atoms with Crippen LogP contribution in [-0.4, -0.2) is 42.3 Å². The molecule has 1 aliphatic rings. The van der Waals surface area contributed by atoms with Gasteiger partial charge in [-0.25, -0.2) is 4.79 Å². The molecule has 2 aromatic carbocycles. The zero-order chi connectivity index (χ0) is 23.8. The number of Topliss-reactive ketones (excluding diaryl/α,β-unsaturated/α-hetero) is 1. The van der Waals surface area contributed by atoms with Gasteiger partial charge < -0.3 is 24.4 Å². The van der Waals surface area contributed by atoms with Crippen molar-refractivity contribution in [3.8, 4) is 23.0 Å². The lowest BCUT2D eigenvalue weighted by atomic mass is 9.95. The second kappa shape index (κ2) is 11.6. The number of methoxy groups -OCH3 is 1. The largest absolute Gasteiger partial charge is 0.507 e. The fraction of sp³-hybridized carbons (Fsp3) is 0.462. The highest BCUT2D eigenvalue weighted by atomic mass is 16.5. The number of carboxylic acid groups (broad SMARTS) is 1. The standard InChI is InChI=1S/C26H32O7/c1-17-23(12-11-20(25(17)28)22(27)15-18-7-3-4-8-18)33-14-6-5-13-32-19-9-10-21(26(29)30)24(16-19)31-2/h9-12,16,18,28H,3-8,13-15H2,1-2H3,(H,29,30). The molecular formula is C26H32O7. The number of ether oxygens (including phenoxy) is 3. The van der Waals surface area contributed by atoms with Gasteiger partial charge in [-0.15, -0.1) is 0 Å². The van der Waals surface area contributed by atoms with Crippen molar-refractivity contribution in [2.24, 2.45) is 5.92 Å². The molecule has 0 bridgehead atoms. The third-order valence-electron chi connectivity index (χ3n) is 6.10. The summed E-state index contributed by atoms with van der Waals surface area (Å²) in [4.78, 5) is 23.7. The summed E-state index contributed by atoms with van der Waals surface area (Å²) in [6.45, 7) is 2.65. The SMILES string of the molecule is COc1cc(OCCCCOc2ccc(C(=O)CC3CCCC3)c(O)c2C)ccc1C(=O)O. The highest BCUT2D eigenvalue weighted by Crippen LogP contribution is 2.34. The molecule has 7 nitrogen and oxygen atoms in total. The van der Waals surface area contributed by atoms with Crippen LogP contribution in [0.3, 0.4) is 0 Å². The Labute approximate surface area is 194 Å². The second-order valence-electron chi connectivity index (χ2n) is 8.43. The summed E-state index contributed by atoms with van der Waals surface area (Å²) < 4.78 is 16.6. The van der Waals surface area contributed by atoms with E-state index in [0.29, 0.717) is 48.2 Å². The summed E-state index contributed by atoms with van der Waals surface area (Å²) in [5.41, 5.74) is 1.04. The number of hydrogen-bond donors (Lipinski definition) is 2. The molecule has 2 aromatic rings. The van der Waals surface area contributed by atoms with Gasteiger partial charge in [0.2, 0.25) is 0 Å². The monoisotopic (exact) mass is 456 g/mol. The second-order valence-corrected chi connectivity index (χ2v) is 8.43. The van der Waals surface area contributed by atoms with Gasteiger partial charge in [0.25, 0.3) is 0 Å². The van der Waals surface area contributed by atoms with Crippen molar-refractivity contribution >= 4 is 11.8 Å². The van der Waals surface area contributed by atoms with Crippen LogP contribution in [0.25, 0.3) is 0 Å². The summed E-state index contributed by atoms with van der Waals surface area (Å²) in [7, 11) is 1.42. The van der Waals surface area contributed by atoms with Gasteiger partial charge >= 0.3 is 5.97 Å². The maximum absolute atomic E-state index is 12.6. The molecule has 0 atom stereocenters. The molecule has 0 unspecified atom stereocenters. The van der Waals surface area contributed by atoms with Crippen molar-refractivity contribution in [1.82, 2.24) is 0 Å². The number of phenolic OH excluding ortho intramolecular Hbond substituents is 1. The van der Waals surface area contributed by atoms with Crippen molar-refractivity contribution < 1.29 is 34.0 Å². The summed E-state index contributed by atoms with van der Waals surface area (Å²) in [5, 5.41) is 19.6. The topological polar surface area (TPSA) is 102 Å². The normalized spacial score (nSPS) is 13.6. The van der Waals surface area contributed by atoms with Crippen molar-refractivity contribution in [1.29, 1.82) is 0 Å². The summed E-state index contributed by atoms with van der Waals surface area (Å²) in [6, 6.07) is 8.03. The lowest BCUT2D eigenvalue weighted by Gasteiger charge is -2.14. The van der Waals surface area contributed by atoms with Gasteiger partial charge in [-0.05, 0) is 49.9 Å². The Hall–Kier alpha value is -3.22. The first kappa shape index (κ1) is 24.4. The third-order valence-corrected chi connectivity index (χ3v) is 6.10. The number of benzene rings is 2. The molecule has 1 saturated carbocycles. The molecule has 1 aliphatic carbocycles. The molecule has 0 heterocycles. The number of aromatic carboxylic acids is 1. The maximum atomic E-state index is 12.6. The number of carboxylic acids is 1. The van der Waals surface area contributed by atoms with E-state index >= 15 is 0 Å². The van der Waals surface area contributed by atoms with Crippen LogP contribution in [0, 0.1) is 12.8 Å². The molecule has 0 aromatic heterocycles. The minimum absolute atomic E-state index is 0.000725. The Balaban J connectivity index is 1.43. The van der Waals surface area contributed by atoms with E-state index in [0.717, 1.165) is 25.7 Å². The van der Waals surface area contributed by atoms with Gasteiger partial charge in [0, 0.05) is 18.1 Å². The van der Waals surface area contributed by atoms with Crippen LogP contribution in [0.4, 0.5) is 0 Å². The predicted molar refractivity (Wildman–Crippen MR) is 124 cm³/mol. The molecule has 3 rings (SSSR count). The van der Waals surface area contributed by atoms with Gasteiger partial charge in [-0.2, -0.15) is 0 Å². The molecule has 1 fully saturated rings. The first-order valence-corrected chi connectivity index (χ1v) is 11.4. The lowest BCUT2D eigenvalue weighted by molar-refractivity contribution is 0.0693. The first-order chi connectivity index (χ1) is 15.9. The Bertz CT molecular complexity index is 977. The third kappa shape index (κ3) is 6.40. The fourth-order valence-electron chi connectivity index (χ4n) is 4.16. The first-order valence-electron chi connectivity index (χ1n) is 11.4. The van der Waals surface area contributed by atoms with Gasteiger partial charge in [0.1, 0.15) is 28.6 Å². The average molecular weight is 457 g/mol. The van der Waals surface area contributed by atoms with E-state index in [9.17, 15) is 14.7 Å². The van der Waals surface area contributed by atoms with Crippen molar-refractivity contribution in [2.75, 3.05) is 20.3 Å². The highest BCUT2D eigenvalue weighted by molar-refractivity contribution is 5.99. The number of phenols is 1. The minimum atomic E-state index is -1.05. The molecule has 0 aliphatic heterocycles. The van der Waals surface area contributed by atoms with E-state index < -0.39 is 5.97 Å². The molecule has 33 heavy (non-hydrogen) atoms. The molecule has 0 spiro atoms. The number of carbonyl (C=O) groups excluding carboxylic acids is 1. The van der Waals surface area contributed by atoms with Gasteiger partial charge in [0.15, 0.2) is 5.78 Å². The lowest BCUT2D eigenvalue weighted by Crippen LogP contribution is -2.08. The van der Waals surface area contributed by atoms with E-state index in [2.05, 4.69) is 0 Å². The number of rotatable bonds is 12. The number of aromatic hydroxyl groups is 1. The van der Waals surface area contributed by atoms with E-state index in [1.807, 2.05) is 0 Å². The number of unbranched alkanes of at least 4 members (excludes halogenated alkanes) is 1. The van der Waals surface area contributed by atoms with Crippen LogP contribution in [0.5, 0.6) is 23.0 Å². The number of ketones is 1. The Morgan fingerprint density at radius 2 is 1.64 bits per heavy atom. The van der Waals surface area contributed by atoms with Crippen molar-refractivity contribution in [2.45, 2.75) is 51.9 Å². The maximum Gasteiger partial charge on any atom is 0.339 e. The zero-order valence-corrected chi connectivity index (χ0v) is 19.3. The van der Waals surface area contributed by atoms with Crippen LogP contribution < -0.4 is 14.2 Å². The summed E-state index contributed by atoms with van der Waals surface area (Å²) in [5.74, 6) is 0.756. The molecule has 178 valence electrons. The zero-order valence-electron chi connectivity index (χ0n) is 19.3. The molecule has 0 radical (unpaired) electrons. The van der Waals surface area contributed by atoms with E-state index in [-0.39, 0.29) is 22.8 Å². The van der Waals surface area contributed by atoms with Crippen LogP contribution in [0.2, 0.25) is 0 Å². The van der Waals surface area contributed by atoms with Crippen LogP contribution in [0.1, 0.15) is 71.2 Å². The van der Waals surface area contributed by atoms with Crippen molar-refractivity contribution in [3.63, 3.8) is 0 Å². The van der Waals surface area contributed by atoms with E-state index in [4.69, 9.17) is 19.3 Å². The summed E-state index contributed by atoms with van der Waals surface area (Å²) >= 11 is 0. The molecule has 2 N–H and O–H groups in total. The quantitative estimate of drug-likeness (QED) is 0.325. The molecule has 0 saturated heterocycles. The number of carbonyl (C=O) groups is 2. The predicted octanol–water partition coefficient (Wildman–Crippen LogP) is 5.41. The average Bonchev–Trinajstić information content (AvgIpc) is 3.31. The van der Waals surface area contributed by atoms with E-state index in [1.54, 1.807) is 31.2 Å². The Morgan fingerprint density at radius 1 is 0.970 bits per heavy atom. The van der Waals surface area contributed by atoms with Crippen LogP contribution in [0.15, 0.2) is 30.3 Å². The minimum Gasteiger partial charge on any atom is -0.507 e. The fourth-order valence-corrected chi connectivity index (χ4v) is 4.16. The van der Waals surface area contributed by atoms with Crippen molar-refractivity contribution in [3.05, 3.63) is 47.0 Å². The highest BCUT2D eigenvalue weighted by Gasteiger charge is 2.22. The van der Waals surface area contributed by atoms with Gasteiger partial charge in [0.05, 0.1) is 25.9 Å². The molecule has 0 amide bonds. The number of hydrogen-bond acceptors (Lipinski definition) is 6. The van der Waals surface area contributed by atoms with E-state index in [1.165, 1.54) is 26.0 Å². The van der Waals surface area contributed by atoms with Crippen LogP contribution >= 0.6 is 0 Å². The molecule has 7 heteroatoms. The smallest absolute Gasteiger partial charge is 0.339 e.